The van der Waals surface area contributed by atoms with Crippen LogP contribution < -0.4 is 4.74 Å². The zero-order valence-electron chi connectivity index (χ0n) is 22.5. The Morgan fingerprint density at radius 3 is 2.33 bits per heavy atom. The lowest BCUT2D eigenvalue weighted by molar-refractivity contribution is 0.0522. The first-order valence-electron chi connectivity index (χ1n) is 12.8. The molecule has 5 rings (SSSR count). The summed E-state index contributed by atoms with van der Waals surface area (Å²) in [5.41, 5.74) is 5.24. The fourth-order valence-electron chi connectivity index (χ4n) is 4.13. The molecule has 0 saturated heterocycles. The third-order valence-electron chi connectivity index (χ3n) is 5.84. The van der Waals surface area contributed by atoms with Crippen LogP contribution in [0.3, 0.4) is 0 Å². The molecule has 1 aliphatic rings. The third kappa shape index (κ3) is 6.01. The predicted molar refractivity (Wildman–Crippen MR) is 154 cm³/mol. The summed E-state index contributed by atoms with van der Waals surface area (Å²) in [5, 5.41) is 0.859. The normalized spacial score (nSPS) is 12.2. The van der Waals surface area contributed by atoms with E-state index in [4.69, 9.17) is 19.4 Å². The van der Waals surface area contributed by atoms with Gasteiger partial charge in [0, 0.05) is 10.9 Å². The van der Waals surface area contributed by atoms with Crippen molar-refractivity contribution in [2.75, 3.05) is 20.0 Å². The molecule has 36 heavy (non-hydrogen) atoms. The average Bonchev–Trinajstić information content (AvgIpc) is 3.34. The highest BCUT2D eigenvalue weighted by Crippen LogP contribution is 2.43. The first kappa shape index (κ1) is 29.2. The molecule has 1 aliphatic carbocycles. The number of nitrogens with zero attached hydrogens (tertiary/aromatic N) is 2. The highest BCUT2D eigenvalue weighted by molar-refractivity contribution is 7.79. The first-order valence-corrected chi connectivity index (χ1v) is 13.7. The molecular formula is C29H39N3O3S. The van der Waals surface area contributed by atoms with Gasteiger partial charge < -0.3 is 14.5 Å². The van der Waals surface area contributed by atoms with Gasteiger partial charge in [0.05, 0.1) is 30.3 Å². The molecule has 1 saturated carbocycles. The zero-order valence-corrected chi connectivity index (χ0v) is 23.4. The number of para-hydroxylation sites is 2. The Hall–Kier alpha value is -3.06. The van der Waals surface area contributed by atoms with E-state index in [1.165, 1.54) is 19.1 Å². The molecule has 0 atom stereocenters. The van der Waals surface area contributed by atoms with Gasteiger partial charge >= 0.3 is 5.97 Å². The van der Waals surface area contributed by atoms with Crippen LogP contribution in [0.5, 0.6) is 5.88 Å². The Morgan fingerprint density at radius 1 is 1.06 bits per heavy atom. The van der Waals surface area contributed by atoms with E-state index < -0.39 is 5.97 Å². The van der Waals surface area contributed by atoms with Gasteiger partial charge in [-0.25, -0.2) is 14.8 Å². The van der Waals surface area contributed by atoms with Gasteiger partial charge in [0.2, 0.25) is 5.88 Å². The second-order valence-electron chi connectivity index (χ2n) is 7.60. The maximum Gasteiger partial charge on any atom is 0.343 e. The van der Waals surface area contributed by atoms with Crippen molar-refractivity contribution in [1.82, 2.24) is 15.0 Å². The summed E-state index contributed by atoms with van der Waals surface area (Å²) >= 11 is 3.53. The number of carbonyl (C=O) groups excluding carboxylic acids is 1. The number of pyridine rings is 1. The van der Waals surface area contributed by atoms with Crippen molar-refractivity contribution in [1.29, 1.82) is 0 Å². The molecule has 0 radical (unpaired) electrons. The quantitative estimate of drug-likeness (QED) is 0.212. The van der Waals surface area contributed by atoms with Crippen LogP contribution in [0.2, 0.25) is 0 Å². The van der Waals surface area contributed by atoms with Gasteiger partial charge in [-0.1, -0.05) is 58.4 Å². The Kier molecular flexibility index (Phi) is 11.7. The lowest BCUT2D eigenvalue weighted by atomic mass is 9.77. The molecule has 1 fully saturated rings. The van der Waals surface area contributed by atoms with E-state index in [2.05, 4.69) is 23.7 Å². The van der Waals surface area contributed by atoms with Crippen molar-refractivity contribution in [2.45, 2.75) is 59.8 Å². The Labute approximate surface area is 220 Å². The Morgan fingerprint density at radius 2 is 1.75 bits per heavy atom. The number of carbonyl (C=O) groups is 1. The smallest absolute Gasteiger partial charge is 0.343 e. The minimum Gasteiger partial charge on any atom is -0.480 e. The number of nitrogens with one attached hydrogen (secondary N) is 1. The SMILES string of the molecule is CC.CC.CCOC(=O)c1cc2ccc(C3CCC3)c(-c3nc4ccccc4[nH]3)c2nc1OC.CS. The molecule has 0 spiro atoms. The van der Waals surface area contributed by atoms with E-state index in [9.17, 15) is 4.79 Å². The van der Waals surface area contributed by atoms with E-state index in [1.54, 1.807) is 19.2 Å². The molecule has 0 aliphatic heterocycles. The zero-order chi connectivity index (χ0) is 26.7. The lowest BCUT2D eigenvalue weighted by Crippen LogP contribution is -2.12. The highest BCUT2D eigenvalue weighted by Gasteiger charge is 2.27. The molecule has 2 heterocycles. The van der Waals surface area contributed by atoms with Gasteiger partial charge in [0.25, 0.3) is 0 Å². The second-order valence-corrected chi connectivity index (χ2v) is 7.60. The minimum atomic E-state index is -0.433. The van der Waals surface area contributed by atoms with Gasteiger partial charge in [-0.15, -0.1) is 0 Å². The van der Waals surface area contributed by atoms with Crippen molar-refractivity contribution in [3.05, 3.63) is 53.6 Å². The van der Waals surface area contributed by atoms with Crippen molar-refractivity contribution >= 4 is 40.5 Å². The number of H-pyrrole nitrogens is 1. The standard InChI is InChI=1S/C24H23N3O3.2C2H6.CH4S/c1-3-30-24(28)17-13-15-11-12-16(14-7-6-8-14)20(21(15)27-23(17)29-2)22-25-18-9-4-5-10-19(18)26-22;3*1-2/h4-5,9-14H,3,6-8H2,1-2H3,(H,25,26);2*1-2H3;2H,1H3. The number of aromatic nitrogens is 3. The van der Waals surface area contributed by atoms with E-state index in [0.717, 1.165) is 46.2 Å². The van der Waals surface area contributed by atoms with Crippen molar-refractivity contribution in [3.8, 4) is 17.3 Å². The van der Waals surface area contributed by atoms with E-state index in [1.807, 2.05) is 58.0 Å². The number of benzene rings is 2. The summed E-state index contributed by atoms with van der Waals surface area (Å²) in [6.45, 7) is 10.1. The number of fused-ring (bicyclic) bond motifs is 2. The van der Waals surface area contributed by atoms with Gasteiger partial charge in [-0.05, 0) is 55.7 Å². The number of imidazole rings is 1. The van der Waals surface area contributed by atoms with Gasteiger partial charge in [-0.3, -0.25) is 0 Å². The summed E-state index contributed by atoms with van der Waals surface area (Å²) in [5.74, 6) is 1.12. The minimum absolute atomic E-state index is 0.268. The monoisotopic (exact) mass is 509 g/mol. The fourth-order valence-corrected chi connectivity index (χ4v) is 4.13. The van der Waals surface area contributed by atoms with Gasteiger partial charge in [0.15, 0.2) is 0 Å². The molecule has 4 aromatic rings. The molecule has 0 unspecified atom stereocenters. The number of methoxy groups -OCH3 is 1. The Bertz CT molecular complexity index is 1230. The summed E-state index contributed by atoms with van der Waals surface area (Å²) in [7, 11) is 1.52. The van der Waals surface area contributed by atoms with Crippen LogP contribution in [0, 0.1) is 0 Å². The van der Waals surface area contributed by atoms with E-state index in [0.29, 0.717) is 18.1 Å². The number of aromatic amines is 1. The van der Waals surface area contributed by atoms with Crippen LogP contribution in [-0.2, 0) is 4.74 Å². The van der Waals surface area contributed by atoms with Crippen molar-refractivity contribution < 1.29 is 14.3 Å². The maximum absolute atomic E-state index is 12.4. The Balaban J connectivity index is 0.000000710. The number of ether oxygens (including phenoxy) is 2. The summed E-state index contributed by atoms with van der Waals surface area (Å²) < 4.78 is 10.7. The maximum atomic E-state index is 12.4. The number of hydrogen-bond donors (Lipinski definition) is 2. The molecule has 2 aromatic carbocycles. The summed E-state index contributed by atoms with van der Waals surface area (Å²) in [6.07, 6.45) is 5.26. The first-order chi connectivity index (χ1) is 17.7. The number of hydrogen-bond acceptors (Lipinski definition) is 6. The van der Waals surface area contributed by atoms with E-state index in [-0.39, 0.29) is 5.88 Å². The second kappa shape index (κ2) is 14.5. The molecule has 0 bridgehead atoms. The van der Waals surface area contributed by atoms with Crippen LogP contribution in [0.15, 0.2) is 42.5 Å². The van der Waals surface area contributed by atoms with E-state index >= 15 is 0 Å². The van der Waals surface area contributed by atoms with Crippen LogP contribution in [0.4, 0.5) is 0 Å². The predicted octanol–water partition coefficient (Wildman–Crippen LogP) is 7.83. The molecule has 1 N–H and O–H groups in total. The molecule has 6 nitrogen and oxygen atoms in total. The number of thiol groups is 1. The van der Waals surface area contributed by atoms with Gasteiger partial charge in [0.1, 0.15) is 11.4 Å². The molecule has 194 valence electrons. The highest BCUT2D eigenvalue weighted by atomic mass is 32.1. The third-order valence-corrected chi connectivity index (χ3v) is 5.84. The van der Waals surface area contributed by atoms with Crippen LogP contribution in [0.25, 0.3) is 33.3 Å². The average molecular weight is 510 g/mol. The molecule has 0 amide bonds. The topological polar surface area (TPSA) is 77.1 Å². The summed E-state index contributed by atoms with van der Waals surface area (Å²) in [4.78, 5) is 25.5. The fraction of sp³-hybridized carbons (Fsp3) is 0.414. The van der Waals surface area contributed by atoms with Crippen LogP contribution in [-0.4, -0.2) is 40.9 Å². The number of esters is 1. The van der Waals surface area contributed by atoms with Gasteiger partial charge in [-0.2, -0.15) is 12.6 Å². The lowest BCUT2D eigenvalue weighted by Gasteiger charge is -2.28. The molecule has 7 heteroatoms. The van der Waals surface area contributed by atoms with Crippen LogP contribution >= 0.6 is 12.6 Å². The van der Waals surface area contributed by atoms with Crippen molar-refractivity contribution in [2.24, 2.45) is 0 Å². The van der Waals surface area contributed by atoms with Crippen LogP contribution in [0.1, 0.15) is 75.7 Å². The van der Waals surface area contributed by atoms with Crippen molar-refractivity contribution in [3.63, 3.8) is 0 Å². The summed E-state index contributed by atoms with van der Waals surface area (Å²) in [6, 6.07) is 14.0. The largest absolute Gasteiger partial charge is 0.480 e. The molecule has 2 aromatic heterocycles. The molecular weight excluding hydrogens is 470 g/mol. The number of rotatable bonds is 5.